The Kier molecular flexibility index (Phi) is 2.57. The molecular weight excluding hydrogens is 164 g/mol. The third-order valence-corrected chi connectivity index (χ3v) is 1.50. The van der Waals surface area contributed by atoms with Crippen LogP contribution in [0, 0.1) is 0 Å². The van der Waals surface area contributed by atoms with E-state index in [4.69, 9.17) is 22.4 Å². The predicted octanol–water partition coefficient (Wildman–Crippen LogP) is 1.53. The zero-order chi connectivity index (χ0) is 8.27. The predicted molar refractivity (Wildman–Crippen MR) is 45.5 cm³/mol. The van der Waals surface area contributed by atoms with Crippen molar-refractivity contribution in [2.75, 3.05) is 11.6 Å². The first-order valence-electron chi connectivity index (χ1n) is 3.08. The van der Waals surface area contributed by atoms with Crippen LogP contribution in [0.25, 0.3) is 0 Å². The number of hydrogen-bond acceptors (Lipinski definition) is 3. The molecule has 0 aliphatic rings. The van der Waals surface area contributed by atoms with Gasteiger partial charge in [-0.2, -0.15) is 0 Å². The monoisotopic (exact) mass is 172 g/mol. The molecule has 11 heavy (non-hydrogen) atoms. The molecule has 0 unspecified atom stereocenters. The molecule has 2 N–H and O–H groups in total. The summed E-state index contributed by atoms with van der Waals surface area (Å²) in [5.74, 6) is 6.02. The summed E-state index contributed by atoms with van der Waals surface area (Å²) in [6.07, 6.45) is 0. The first-order valence-corrected chi connectivity index (χ1v) is 3.42. The third-order valence-electron chi connectivity index (χ3n) is 1.30. The fourth-order valence-electron chi connectivity index (χ4n) is 0.743. The second-order valence-electron chi connectivity index (χ2n) is 2.01. The Labute approximate surface area is 70.4 Å². The average molecular weight is 173 g/mol. The van der Waals surface area contributed by atoms with Crippen LogP contribution in [-0.2, 0) is 0 Å². The molecule has 0 saturated heterocycles. The molecule has 0 aromatic heterocycles. The smallest absolute Gasteiger partial charge is 0.121 e. The summed E-state index contributed by atoms with van der Waals surface area (Å²) in [7, 11) is 1.59. The zero-order valence-electron chi connectivity index (χ0n) is 6.12. The van der Waals surface area contributed by atoms with Crippen LogP contribution in [0.15, 0.2) is 24.3 Å². The summed E-state index contributed by atoms with van der Waals surface area (Å²) < 4.78 is 5.98. The molecule has 60 valence electrons. The molecule has 3 nitrogen and oxygen atoms in total. The highest BCUT2D eigenvalue weighted by molar-refractivity contribution is 6.24. The number of anilines is 1. The van der Waals surface area contributed by atoms with Crippen molar-refractivity contribution >= 4 is 17.5 Å². The van der Waals surface area contributed by atoms with E-state index in [2.05, 4.69) is 0 Å². The summed E-state index contributed by atoms with van der Waals surface area (Å²) in [5.41, 5.74) is 0.700. The van der Waals surface area contributed by atoms with E-state index in [0.717, 1.165) is 10.3 Å². The van der Waals surface area contributed by atoms with Gasteiger partial charge in [-0.25, -0.2) is 10.4 Å². The standard InChI is InChI=1S/C7H9ClN2O/c1-11-7-4-2-3-6(5-7)10(8)9/h2-5H,9H2,1H3. The SMILES string of the molecule is COc1cccc(N(N)Cl)c1. The Bertz CT molecular complexity index is 240. The van der Waals surface area contributed by atoms with Crippen molar-refractivity contribution in [1.29, 1.82) is 0 Å². The number of halogens is 1. The van der Waals surface area contributed by atoms with Gasteiger partial charge in [-0.3, -0.25) is 0 Å². The minimum atomic E-state index is 0.700. The van der Waals surface area contributed by atoms with Crippen LogP contribution >= 0.6 is 11.8 Å². The van der Waals surface area contributed by atoms with E-state index in [-0.39, 0.29) is 0 Å². The van der Waals surface area contributed by atoms with Gasteiger partial charge < -0.3 is 4.74 Å². The van der Waals surface area contributed by atoms with Crippen molar-refractivity contribution in [3.63, 3.8) is 0 Å². The summed E-state index contributed by atoms with van der Waals surface area (Å²) >= 11 is 5.49. The van der Waals surface area contributed by atoms with Crippen LogP contribution in [0.4, 0.5) is 5.69 Å². The average Bonchev–Trinajstić information content (AvgIpc) is 2.05. The van der Waals surface area contributed by atoms with E-state index in [0.29, 0.717) is 5.69 Å². The third kappa shape index (κ3) is 2.00. The number of nitrogens with two attached hydrogens (primary N) is 1. The molecule has 0 aliphatic carbocycles. The van der Waals surface area contributed by atoms with Gasteiger partial charge >= 0.3 is 0 Å². The molecule has 0 amide bonds. The molecular formula is C7H9ClN2O. The van der Waals surface area contributed by atoms with Crippen LogP contribution in [-0.4, -0.2) is 7.11 Å². The van der Waals surface area contributed by atoms with E-state index < -0.39 is 0 Å². The molecule has 0 bridgehead atoms. The van der Waals surface area contributed by atoms with Gasteiger partial charge in [-0.1, -0.05) is 6.07 Å². The molecule has 0 aliphatic heterocycles. The molecule has 0 heterocycles. The number of ether oxygens (including phenoxy) is 1. The number of rotatable bonds is 2. The first kappa shape index (κ1) is 8.17. The highest BCUT2D eigenvalue weighted by atomic mass is 35.5. The summed E-state index contributed by atoms with van der Waals surface area (Å²) in [6, 6.07) is 7.17. The molecule has 0 spiro atoms. The number of hydrogen-bond donors (Lipinski definition) is 1. The van der Waals surface area contributed by atoms with Gasteiger partial charge in [0.2, 0.25) is 0 Å². The number of nitrogens with zero attached hydrogens (tertiary/aromatic N) is 1. The maximum atomic E-state index is 5.49. The van der Waals surface area contributed by atoms with Crippen molar-refractivity contribution in [3.05, 3.63) is 24.3 Å². The molecule has 0 fully saturated rings. The Morgan fingerprint density at radius 3 is 2.82 bits per heavy atom. The second-order valence-corrected chi connectivity index (χ2v) is 2.38. The highest BCUT2D eigenvalue weighted by Crippen LogP contribution is 2.19. The molecule has 1 rings (SSSR count). The fourth-order valence-corrected chi connectivity index (χ4v) is 0.848. The van der Waals surface area contributed by atoms with Gasteiger partial charge in [0.1, 0.15) is 5.75 Å². The van der Waals surface area contributed by atoms with Crippen LogP contribution in [0.5, 0.6) is 5.75 Å². The summed E-state index contributed by atoms with van der Waals surface area (Å²) in [4.78, 5) is 0. The largest absolute Gasteiger partial charge is 0.497 e. The van der Waals surface area contributed by atoms with Crippen molar-refractivity contribution in [1.82, 2.24) is 0 Å². The van der Waals surface area contributed by atoms with Crippen molar-refractivity contribution in [2.24, 2.45) is 5.84 Å². The second kappa shape index (κ2) is 3.46. The maximum absolute atomic E-state index is 5.49. The Hall–Kier alpha value is -0.930. The van der Waals surface area contributed by atoms with E-state index in [1.54, 1.807) is 19.2 Å². The van der Waals surface area contributed by atoms with E-state index >= 15 is 0 Å². The first-order chi connectivity index (χ1) is 5.24. The molecule has 1 aromatic carbocycles. The van der Waals surface area contributed by atoms with Crippen molar-refractivity contribution in [2.45, 2.75) is 0 Å². The van der Waals surface area contributed by atoms with Crippen molar-refractivity contribution in [3.8, 4) is 5.75 Å². The topological polar surface area (TPSA) is 38.5 Å². The Morgan fingerprint density at radius 1 is 1.55 bits per heavy atom. The van der Waals surface area contributed by atoms with Crippen molar-refractivity contribution < 1.29 is 4.74 Å². The minimum absolute atomic E-state index is 0.700. The van der Waals surface area contributed by atoms with Gasteiger partial charge in [-0.05, 0) is 12.1 Å². The molecule has 1 aromatic rings. The number of methoxy groups -OCH3 is 1. The summed E-state index contributed by atoms with van der Waals surface area (Å²) in [5, 5.41) is 0. The van der Waals surface area contributed by atoms with Gasteiger partial charge in [0.25, 0.3) is 0 Å². The molecule has 0 radical (unpaired) electrons. The molecule has 4 heteroatoms. The lowest BCUT2D eigenvalue weighted by molar-refractivity contribution is 0.415. The molecule has 0 atom stereocenters. The maximum Gasteiger partial charge on any atom is 0.121 e. The van der Waals surface area contributed by atoms with Gasteiger partial charge in [0.15, 0.2) is 0 Å². The van der Waals surface area contributed by atoms with Gasteiger partial charge in [0, 0.05) is 17.8 Å². The lowest BCUT2D eigenvalue weighted by Gasteiger charge is -2.08. The van der Waals surface area contributed by atoms with Gasteiger partial charge in [0.05, 0.1) is 12.8 Å². The number of hydrazine groups is 1. The highest BCUT2D eigenvalue weighted by Gasteiger charge is 1.97. The lowest BCUT2D eigenvalue weighted by Crippen LogP contribution is -2.17. The fraction of sp³-hybridized carbons (Fsp3) is 0.143. The Balaban J connectivity index is 2.91. The van der Waals surface area contributed by atoms with Gasteiger partial charge in [-0.15, -0.1) is 0 Å². The van der Waals surface area contributed by atoms with Crippen LogP contribution in [0.3, 0.4) is 0 Å². The normalized spacial score (nSPS) is 9.36. The molecule has 0 saturated carbocycles. The quantitative estimate of drug-likeness (QED) is 0.418. The van der Waals surface area contributed by atoms with Crippen LogP contribution in [0.1, 0.15) is 0 Å². The number of benzene rings is 1. The van der Waals surface area contributed by atoms with E-state index in [1.807, 2.05) is 12.1 Å². The zero-order valence-corrected chi connectivity index (χ0v) is 6.88. The van der Waals surface area contributed by atoms with E-state index in [1.165, 1.54) is 0 Å². The summed E-state index contributed by atoms with van der Waals surface area (Å²) in [6.45, 7) is 0. The Morgan fingerprint density at radius 2 is 2.27 bits per heavy atom. The van der Waals surface area contributed by atoms with Crippen LogP contribution < -0.4 is 15.1 Å². The lowest BCUT2D eigenvalue weighted by atomic mass is 10.3. The van der Waals surface area contributed by atoms with Crippen LogP contribution in [0.2, 0.25) is 0 Å². The minimum Gasteiger partial charge on any atom is -0.497 e. The van der Waals surface area contributed by atoms with E-state index in [9.17, 15) is 0 Å².